The first-order valence-corrected chi connectivity index (χ1v) is 7.86. The molecule has 0 saturated carbocycles. The summed E-state index contributed by atoms with van der Waals surface area (Å²) in [4.78, 5) is 30.7. The lowest BCUT2D eigenvalue weighted by Crippen LogP contribution is -2.37. The summed E-state index contributed by atoms with van der Waals surface area (Å²) >= 11 is 6.06. The standard InChI is InChI=1S/C16H17ClN4O2/c1-20-10-11(8-19-20)15(22)7-12-3-2-6-21(12)16(23)13-4-5-18-9-14(13)17/h4-5,8-10,12H,2-3,6-7H2,1H3/t12-/m0/s1. The average Bonchev–Trinajstić information content (AvgIpc) is 3.16. The van der Waals surface area contributed by atoms with Crippen LogP contribution in [0.2, 0.25) is 5.02 Å². The molecule has 0 aromatic carbocycles. The van der Waals surface area contributed by atoms with Crippen molar-refractivity contribution in [3.8, 4) is 0 Å². The zero-order valence-corrected chi connectivity index (χ0v) is 13.5. The van der Waals surface area contributed by atoms with Gasteiger partial charge in [0.05, 0.1) is 22.3 Å². The second-order valence-electron chi connectivity index (χ2n) is 5.68. The van der Waals surface area contributed by atoms with Crippen LogP contribution >= 0.6 is 11.6 Å². The number of hydrogen-bond donors (Lipinski definition) is 0. The van der Waals surface area contributed by atoms with Gasteiger partial charge in [0.2, 0.25) is 0 Å². The van der Waals surface area contributed by atoms with E-state index in [1.807, 2.05) is 0 Å². The van der Waals surface area contributed by atoms with E-state index in [2.05, 4.69) is 10.1 Å². The molecule has 3 rings (SSSR count). The molecular weight excluding hydrogens is 316 g/mol. The molecule has 2 aromatic heterocycles. The number of Topliss-reactive ketones (excluding diaryl/α,β-unsaturated/α-hetero) is 1. The molecular formula is C16H17ClN4O2. The zero-order valence-electron chi connectivity index (χ0n) is 12.8. The lowest BCUT2D eigenvalue weighted by Gasteiger charge is -2.24. The molecule has 7 heteroatoms. The predicted molar refractivity (Wildman–Crippen MR) is 85.5 cm³/mol. The quantitative estimate of drug-likeness (QED) is 0.806. The molecule has 1 fully saturated rings. The number of pyridine rings is 1. The molecule has 0 aliphatic carbocycles. The number of carbonyl (C=O) groups is 2. The van der Waals surface area contributed by atoms with E-state index in [9.17, 15) is 9.59 Å². The maximum Gasteiger partial charge on any atom is 0.255 e. The van der Waals surface area contributed by atoms with Gasteiger partial charge >= 0.3 is 0 Å². The van der Waals surface area contributed by atoms with Gasteiger partial charge < -0.3 is 4.90 Å². The monoisotopic (exact) mass is 332 g/mol. The summed E-state index contributed by atoms with van der Waals surface area (Å²) in [6.45, 7) is 0.641. The van der Waals surface area contributed by atoms with Gasteiger partial charge in [-0.25, -0.2) is 0 Å². The van der Waals surface area contributed by atoms with Gasteiger partial charge in [0.1, 0.15) is 0 Å². The molecule has 1 aliphatic heterocycles. The fraction of sp³-hybridized carbons (Fsp3) is 0.375. The highest BCUT2D eigenvalue weighted by Crippen LogP contribution is 2.26. The Morgan fingerprint density at radius 2 is 2.22 bits per heavy atom. The number of carbonyl (C=O) groups excluding carboxylic acids is 2. The molecule has 120 valence electrons. The van der Waals surface area contributed by atoms with Crippen molar-refractivity contribution < 1.29 is 9.59 Å². The Kier molecular flexibility index (Phi) is 4.43. The Bertz CT molecular complexity index is 743. The normalized spacial score (nSPS) is 17.5. The summed E-state index contributed by atoms with van der Waals surface area (Å²) in [5, 5.41) is 4.35. The number of rotatable bonds is 4. The second-order valence-corrected chi connectivity index (χ2v) is 6.09. The van der Waals surface area contributed by atoms with Gasteiger partial charge in [0.25, 0.3) is 5.91 Å². The van der Waals surface area contributed by atoms with Crippen molar-refractivity contribution in [3.05, 3.63) is 47.0 Å². The predicted octanol–water partition coefficient (Wildman–Crippen LogP) is 2.35. The van der Waals surface area contributed by atoms with E-state index in [1.165, 1.54) is 6.20 Å². The van der Waals surface area contributed by atoms with Crippen LogP contribution in [0.5, 0.6) is 0 Å². The molecule has 1 saturated heterocycles. The Labute approximate surface area is 139 Å². The van der Waals surface area contributed by atoms with Gasteiger partial charge in [-0.05, 0) is 18.9 Å². The summed E-state index contributed by atoms with van der Waals surface area (Å²) in [6, 6.07) is 1.52. The SMILES string of the molecule is Cn1cc(C(=O)C[C@@H]2CCCN2C(=O)c2ccncc2Cl)cn1. The van der Waals surface area contributed by atoms with Crippen molar-refractivity contribution in [2.75, 3.05) is 6.54 Å². The number of aromatic nitrogens is 3. The van der Waals surface area contributed by atoms with Gasteiger partial charge in [-0.3, -0.25) is 19.3 Å². The first-order valence-electron chi connectivity index (χ1n) is 7.48. The van der Waals surface area contributed by atoms with Crippen molar-refractivity contribution in [3.63, 3.8) is 0 Å². The van der Waals surface area contributed by atoms with Crippen LogP contribution in [-0.4, -0.2) is 43.9 Å². The summed E-state index contributed by atoms with van der Waals surface area (Å²) < 4.78 is 1.60. The fourth-order valence-electron chi connectivity index (χ4n) is 2.92. The minimum Gasteiger partial charge on any atom is -0.335 e. The third-order valence-electron chi connectivity index (χ3n) is 4.09. The molecule has 0 bridgehead atoms. The van der Waals surface area contributed by atoms with Crippen LogP contribution in [-0.2, 0) is 7.05 Å². The van der Waals surface area contributed by atoms with E-state index in [0.29, 0.717) is 29.1 Å². The molecule has 3 heterocycles. The van der Waals surface area contributed by atoms with Gasteiger partial charge in [-0.15, -0.1) is 0 Å². The van der Waals surface area contributed by atoms with E-state index in [-0.39, 0.29) is 17.7 Å². The Hall–Kier alpha value is -2.21. The third kappa shape index (κ3) is 3.27. The summed E-state index contributed by atoms with van der Waals surface area (Å²) in [6.07, 6.45) is 8.28. The minimum absolute atomic E-state index is 0.00336. The lowest BCUT2D eigenvalue weighted by molar-refractivity contribution is 0.0717. The molecule has 1 atom stereocenters. The second kappa shape index (κ2) is 6.50. The van der Waals surface area contributed by atoms with Crippen LogP contribution in [0.25, 0.3) is 0 Å². The maximum absolute atomic E-state index is 12.7. The third-order valence-corrected chi connectivity index (χ3v) is 4.39. The summed E-state index contributed by atoms with van der Waals surface area (Å²) in [7, 11) is 1.77. The molecule has 0 radical (unpaired) electrons. The Morgan fingerprint density at radius 1 is 1.39 bits per heavy atom. The Morgan fingerprint density at radius 3 is 2.91 bits per heavy atom. The number of aryl methyl sites for hydroxylation is 1. The molecule has 1 amide bonds. The van der Waals surface area contributed by atoms with Crippen molar-refractivity contribution in [1.82, 2.24) is 19.7 Å². The lowest BCUT2D eigenvalue weighted by atomic mass is 10.0. The van der Waals surface area contributed by atoms with E-state index in [4.69, 9.17) is 11.6 Å². The van der Waals surface area contributed by atoms with Crippen LogP contribution in [0.3, 0.4) is 0 Å². The number of halogens is 1. The van der Waals surface area contributed by atoms with Crippen molar-refractivity contribution in [2.45, 2.75) is 25.3 Å². The molecule has 6 nitrogen and oxygen atoms in total. The Balaban J connectivity index is 1.74. The van der Waals surface area contributed by atoms with E-state index < -0.39 is 0 Å². The van der Waals surface area contributed by atoms with Crippen LogP contribution < -0.4 is 0 Å². The molecule has 1 aliphatic rings. The van der Waals surface area contributed by atoms with Crippen LogP contribution in [0.1, 0.15) is 40.0 Å². The highest BCUT2D eigenvalue weighted by molar-refractivity contribution is 6.33. The van der Waals surface area contributed by atoms with Gasteiger partial charge in [0, 0.05) is 44.6 Å². The number of likely N-dealkylation sites (tertiary alicyclic amines) is 1. The first-order chi connectivity index (χ1) is 11.1. The molecule has 2 aromatic rings. The number of amides is 1. The van der Waals surface area contributed by atoms with Gasteiger partial charge in [-0.1, -0.05) is 11.6 Å². The largest absolute Gasteiger partial charge is 0.335 e. The van der Waals surface area contributed by atoms with Gasteiger partial charge in [0.15, 0.2) is 5.78 Å². The summed E-state index contributed by atoms with van der Waals surface area (Å²) in [5.74, 6) is -0.137. The van der Waals surface area contributed by atoms with Gasteiger partial charge in [-0.2, -0.15) is 5.10 Å². The minimum atomic E-state index is -0.140. The first kappa shape index (κ1) is 15.7. The van der Waals surface area contributed by atoms with E-state index in [1.54, 1.807) is 41.3 Å². The molecule has 0 N–H and O–H groups in total. The zero-order chi connectivity index (χ0) is 16.4. The highest BCUT2D eigenvalue weighted by Gasteiger charge is 2.32. The maximum atomic E-state index is 12.7. The fourth-order valence-corrected chi connectivity index (χ4v) is 3.12. The van der Waals surface area contributed by atoms with Crippen molar-refractivity contribution >= 4 is 23.3 Å². The van der Waals surface area contributed by atoms with E-state index >= 15 is 0 Å². The van der Waals surface area contributed by atoms with Crippen molar-refractivity contribution in [2.24, 2.45) is 7.05 Å². The van der Waals surface area contributed by atoms with Crippen LogP contribution in [0.4, 0.5) is 0 Å². The average molecular weight is 333 g/mol. The number of ketones is 1. The molecule has 0 unspecified atom stereocenters. The smallest absolute Gasteiger partial charge is 0.255 e. The number of nitrogens with zero attached hydrogens (tertiary/aromatic N) is 4. The number of hydrogen-bond acceptors (Lipinski definition) is 4. The van der Waals surface area contributed by atoms with E-state index in [0.717, 1.165) is 12.8 Å². The van der Waals surface area contributed by atoms with Crippen LogP contribution in [0.15, 0.2) is 30.9 Å². The molecule has 0 spiro atoms. The topological polar surface area (TPSA) is 68.1 Å². The molecule has 23 heavy (non-hydrogen) atoms. The highest BCUT2D eigenvalue weighted by atomic mass is 35.5. The summed E-state index contributed by atoms with van der Waals surface area (Å²) in [5.41, 5.74) is 1.01. The van der Waals surface area contributed by atoms with Crippen molar-refractivity contribution in [1.29, 1.82) is 0 Å². The van der Waals surface area contributed by atoms with Crippen LogP contribution in [0, 0.1) is 0 Å².